The summed E-state index contributed by atoms with van der Waals surface area (Å²) in [4.78, 5) is 19.2. The van der Waals surface area contributed by atoms with Gasteiger partial charge in [0.1, 0.15) is 5.75 Å². The number of benzene rings is 2. The van der Waals surface area contributed by atoms with Crippen LogP contribution in [0.3, 0.4) is 0 Å². The highest BCUT2D eigenvalue weighted by Gasteiger charge is 2.18. The topological polar surface area (TPSA) is 60.9 Å². The lowest BCUT2D eigenvalue weighted by Gasteiger charge is -2.24. The summed E-state index contributed by atoms with van der Waals surface area (Å²) in [6.07, 6.45) is 3.48. The van der Waals surface area contributed by atoms with Crippen molar-refractivity contribution >= 4 is 5.91 Å². The van der Waals surface area contributed by atoms with Crippen LogP contribution < -0.4 is 14.2 Å². The molecule has 0 aliphatic rings. The molecule has 3 rings (SSSR count). The first-order valence-corrected chi connectivity index (χ1v) is 9.17. The van der Waals surface area contributed by atoms with E-state index in [0.29, 0.717) is 35.9 Å². The van der Waals surface area contributed by atoms with Gasteiger partial charge in [0.05, 0.1) is 21.3 Å². The zero-order chi connectivity index (χ0) is 20.6. The Hall–Kier alpha value is -3.54. The second kappa shape index (κ2) is 9.59. The molecule has 1 aromatic heterocycles. The van der Waals surface area contributed by atoms with Gasteiger partial charge in [0.2, 0.25) is 0 Å². The molecule has 1 heterocycles. The molecule has 0 saturated carbocycles. The van der Waals surface area contributed by atoms with E-state index in [4.69, 9.17) is 14.2 Å². The lowest BCUT2D eigenvalue weighted by atomic mass is 10.1. The fourth-order valence-electron chi connectivity index (χ4n) is 3.05. The zero-order valence-electron chi connectivity index (χ0n) is 16.8. The highest BCUT2D eigenvalue weighted by Crippen LogP contribution is 2.28. The summed E-state index contributed by atoms with van der Waals surface area (Å²) in [7, 11) is 4.77. The number of carbonyl (C=O) groups is 1. The maximum atomic E-state index is 13.3. The third kappa shape index (κ3) is 5.04. The first-order chi connectivity index (χ1) is 14.1. The van der Waals surface area contributed by atoms with Crippen molar-refractivity contribution < 1.29 is 19.0 Å². The first-order valence-electron chi connectivity index (χ1n) is 9.17. The van der Waals surface area contributed by atoms with Crippen LogP contribution in [0, 0.1) is 0 Å². The largest absolute Gasteiger partial charge is 0.497 e. The molecule has 6 nitrogen and oxygen atoms in total. The molecule has 29 heavy (non-hydrogen) atoms. The fourth-order valence-corrected chi connectivity index (χ4v) is 3.05. The summed E-state index contributed by atoms with van der Waals surface area (Å²) in [6, 6.07) is 16.6. The van der Waals surface area contributed by atoms with Crippen molar-refractivity contribution in [2.75, 3.05) is 21.3 Å². The summed E-state index contributed by atoms with van der Waals surface area (Å²) < 4.78 is 16.0. The molecule has 0 atom stereocenters. The number of ether oxygens (including phenoxy) is 3. The van der Waals surface area contributed by atoms with Crippen LogP contribution in [0.5, 0.6) is 17.2 Å². The quantitative estimate of drug-likeness (QED) is 0.581. The van der Waals surface area contributed by atoms with E-state index in [2.05, 4.69) is 4.98 Å². The molecule has 0 fully saturated rings. The van der Waals surface area contributed by atoms with Crippen molar-refractivity contribution in [1.82, 2.24) is 9.88 Å². The third-order valence-corrected chi connectivity index (χ3v) is 4.52. The Morgan fingerprint density at radius 1 is 0.862 bits per heavy atom. The fraction of sp³-hybridized carbons (Fsp3) is 0.217. The molecule has 0 unspecified atom stereocenters. The Kier molecular flexibility index (Phi) is 6.68. The number of nitrogens with zero attached hydrogens (tertiary/aromatic N) is 2. The van der Waals surface area contributed by atoms with Crippen molar-refractivity contribution in [1.29, 1.82) is 0 Å². The monoisotopic (exact) mass is 392 g/mol. The Balaban J connectivity index is 1.91. The van der Waals surface area contributed by atoms with Gasteiger partial charge in [-0.25, -0.2) is 0 Å². The Labute approximate surface area is 170 Å². The van der Waals surface area contributed by atoms with Gasteiger partial charge in [-0.15, -0.1) is 0 Å². The van der Waals surface area contributed by atoms with Crippen LogP contribution in [0.2, 0.25) is 0 Å². The van der Waals surface area contributed by atoms with E-state index >= 15 is 0 Å². The number of hydrogen-bond donors (Lipinski definition) is 0. The molecule has 0 aliphatic carbocycles. The van der Waals surface area contributed by atoms with Crippen LogP contribution >= 0.6 is 0 Å². The molecule has 6 heteroatoms. The Bertz CT molecular complexity index is 960. The molecular weight excluding hydrogens is 368 g/mol. The second-order valence-corrected chi connectivity index (χ2v) is 6.44. The van der Waals surface area contributed by atoms with Gasteiger partial charge in [-0.2, -0.15) is 0 Å². The van der Waals surface area contributed by atoms with Crippen LogP contribution in [-0.4, -0.2) is 37.1 Å². The van der Waals surface area contributed by atoms with Gasteiger partial charge in [0.25, 0.3) is 5.91 Å². The minimum atomic E-state index is -0.0949. The smallest absolute Gasteiger partial charge is 0.254 e. The lowest BCUT2D eigenvalue weighted by Crippen LogP contribution is -2.30. The summed E-state index contributed by atoms with van der Waals surface area (Å²) >= 11 is 0. The van der Waals surface area contributed by atoms with Crippen molar-refractivity contribution in [2.45, 2.75) is 13.1 Å². The minimum Gasteiger partial charge on any atom is -0.497 e. The summed E-state index contributed by atoms with van der Waals surface area (Å²) in [6.45, 7) is 0.837. The van der Waals surface area contributed by atoms with Gasteiger partial charge >= 0.3 is 0 Å². The summed E-state index contributed by atoms with van der Waals surface area (Å²) in [5, 5.41) is 0. The molecule has 0 bridgehead atoms. The van der Waals surface area contributed by atoms with Crippen LogP contribution in [0.15, 0.2) is 67.0 Å². The van der Waals surface area contributed by atoms with Crippen molar-refractivity contribution in [3.63, 3.8) is 0 Å². The van der Waals surface area contributed by atoms with Crippen LogP contribution in [-0.2, 0) is 13.1 Å². The first kappa shape index (κ1) is 20.2. The number of methoxy groups -OCH3 is 3. The highest BCUT2D eigenvalue weighted by molar-refractivity contribution is 5.94. The molecule has 0 saturated heterocycles. The molecule has 2 aromatic carbocycles. The maximum Gasteiger partial charge on any atom is 0.254 e. The van der Waals surface area contributed by atoms with Crippen molar-refractivity contribution in [3.8, 4) is 17.2 Å². The van der Waals surface area contributed by atoms with Crippen LogP contribution in [0.25, 0.3) is 0 Å². The van der Waals surface area contributed by atoms with Gasteiger partial charge in [0, 0.05) is 31.0 Å². The second-order valence-electron chi connectivity index (χ2n) is 6.44. The third-order valence-electron chi connectivity index (χ3n) is 4.52. The van der Waals surface area contributed by atoms with Gasteiger partial charge in [0.15, 0.2) is 11.5 Å². The predicted octanol–water partition coefficient (Wildman–Crippen LogP) is 3.95. The summed E-state index contributed by atoms with van der Waals surface area (Å²) in [5.41, 5.74) is 2.45. The average Bonchev–Trinajstić information content (AvgIpc) is 2.78. The number of amides is 1. The highest BCUT2D eigenvalue weighted by atomic mass is 16.5. The van der Waals surface area contributed by atoms with E-state index in [1.54, 1.807) is 50.8 Å². The molecule has 0 spiro atoms. The van der Waals surface area contributed by atoms with E-state index in [0.717, 1.165) is 11.1 Å². The molecule has 0 aliphatic heterocycles. The minimum absolute atomic E-state index is 0.0949. The van der Waals surface area contributed by atoms with Crippen LogP contribution in [0.4, 0.5) is 0 Å². The van der Waals surface area contributed by atoms with Crippen molar-refractivity contribution in [3.05, 3.63) is 83.7 Å². The number of hydrogen-bond acceptors (Lipinski definition) is 5. The SMILES string of the molecule is COc1cccc(C(=O)N(Cc2cccnc2)Cc2ccc(OC)c(OC)c2)c1. The van der Waals surface area contributed by atoms with E-state index < -0.39 is 0 Å². The molecule has 0 radical (unpaired) electrons. The predicted molar refractivity (Wildman–Crippen MR) is 110 cm³/mol. The van der Waals surface area contributed by atoms with Crippen LogP contribution in [0.1, 0.15) is 21.5 Å². The molecular formula is C23H24N2O4. The lowest BCUT2D eigenvalue weighted by molar-refractivity contribution is 0.0729. The maximum absolute atomic E-state index is 13.3. The van der Waals surface area contributed by atoms with Gasteiger partial charge in [-0.1, -0.05) is 18.2 Å². The van der Waals surface area contributed by atoms with Gasteiger partial charge < -0.3 is 19.1 Å². The van der Waals surface area contributed by atoms with E-state index in [-0.39, 0.29) is 5.91 Å². The molecule has 1 amide bonds. The normalized spacial score (nSPS) is 10.3. The van der Waals surface area contributed by atoms with E-state index in [9.17, 15) is 4.79 Å². The number of rotatable bonds is 8. The Morgan fingerprint density at radius 3 is 2.34 bits per heavy atom. The molecule has 150 valence electrons. The van der Waals surface area contributed by atoms with E-state index in [1.807, 2.05) is 42.5 Å². The van der Waals surface area contributed by atoms with E-state index in [1.165, 1.54) is 0 Å². The molecule has 3 aromatic rings. The average molecular weight is 392 g/mol. The van der Waals surface area contributed by atoms with Gasteiger partial charge in [-0.05, 0) is 47.5 Å². The zero-order valence-corrected chi connectivity index (χ0v) is 16.8. The number of carbonyl (C=O) groups excluding carboxylic acids is 1. The standard InChI is InChI=1S/C23H24N2O4/c1-27-20-8-4-7-19(13-20)23(26)25(16-18-6-5-11-24-14-18)15-17-9-10-21(28-2)22(12-17)29-3/h4-14H,15-16H2,1-3H3. The number of pyridine rings is 1. The molecule has 0 N–H and O–H groups in total. The van der Waals surface area contributed by atoms with Gasteiger partial charge in [-0.3, -0.25) is 9.78 Å². The summed E-state index contributed by atoms with van der Waals surface area (Å²) in [5.74, 6) is 1.82. The number of aromatic nitrogens is 1. The van der Waals surface area contributed by atoms with Crippen molar-refractivity contribution in [2.24, 2.45) is 0 Å². The Morgan fingerprint density at radius 2 is 1.66 bits per heavy atom.